The fraction of sp³-hybridized carbons (Fsp3) is 0.643. The van der Waals surface area contributed by atoms with Gasteiger partial charge in [0.2, 0.25) is 0 Å². The first kappa shape index (κ1) is 12.5. The summed E-state index contributed by atoms with van der Waals surface area (Å²) < 4.78 is 13.0. The minimum Gasteiger partial charge on any atom is -0.310 e. The largest absolute Gasteiger partial charge is 0.310 e. The van der Waals surface area contributed by atoms with E-state index >= 15 is 0 Å². The molecule has 17 heavy (non-hydrogen) atoms. The normalized spacial score (nSPS) is 29.2. The molecule has 0 bridgehead atoms. The molecule has 1 aliphatic carbocycles. The van der Waals surface area contributed by atoms with Gasteiger partial charge in [-0.25, -0.2) is 4.39 Å². The first-order valence-electron chi connectivity index (χ1n) is 6.48. The lowest BCUT2D eigenvalue weighted by Crippen LogP contribution is -2.38. The number of hydrogen-bond acceptors (Lipinski definition) is 2. The van der Waals surface area contributed by atoms with Crippen molar-refractivity contribution in [1.29, 1.82) is 0 Å². The van der Waals surface area contributed by atoms with Crippen LogP contribution in [0.15, 0.2) is 18.5 Å². The summed E-state index contributed by atoms with van der Waals surface area (Å²) in [4.78, 5) is 3.86. The van der Waals surface area contributed by atoms with E-state index in [9.17, 15) is 4.39 Å². The van der Waals surface area contributed by atoms with Crippen LogP contribution in [0, 0.1) is 17.7 Å². The molecule has 1 aromatic rings. The quantitative estimate of drug-likeness (QED) is 0.872. The molecule has 2 nitrogen and oxygen atoms in total. The number of hydrogen-bond donors (Lipinski definition) is 1. The third-order valence-electron chi connectivity index (χ3n) is 3.76. The number of pyridine rings is 1. The second-order valence-corrected chi connectivity index (χ2v) is 5.39. The van der Waals surface area contributed by atoms with Gasteiger partial charge in [0.05, 0.1) is 6.20 Å². The SMILES string of the molecule is CC1CCC(NCc2cncc(F)c2)C(C)C1. The molecule has 0 aliphatic heterocycles. The van der Waals surface area contributed by atoms with E-state index in [1.807, 2.05) is 0 Å². The van der Waals surface area contributed by atoms with Crippen molar-refractivity contribution in [1.82, 2.24) is 10.3 Å². The summed E-state index contributed by atoms with van der Waals surface area (Å²) in [5.74, 6) is 1.30. The molecule has 3 unspecified atom stereocenters. The van der Waals surface area contributed by atoms with Gasteiger partial charge in [-0.05, 0) is 42.7 Å². The van der Waals surface area contributed by atoms with Gasteiger partial charge in [0.1, 0.15) is 5.82 Å². The molecule has 3 heteroatoms. The van der Waals surface area contributed by atoms with E-state index in [1.54, 1.807) is 12.3 Å². The van der Waals surface area contributed by atoms with Crippen LogP contribution in [0.1, 0.15) is 38.7 Å². The molecular formula is C14H21FN2. The molecule has 94 valence electrons. The summed E-state index contributed by atoms with van der Waals surface area (Å²) in [6, 6.07) is 2.12. The lowest BCUT2D eigenvalue weighted by atomic mass is 9.80. The van der Waals surface area contributed by atoms with Crippen molar-refractivity contribution in [2.24, 2.45) is 11.8 Å². The van der Waals surface area contributed by atoms with Gasteiger partial charge in [0, 0.05) is 18.8 Å². The maximum Gasteiger partial charge on any atom is 0.141 e. The predicted molar refractivity (Wildman–Crippen MR) is 67.0 cm³/mol. The summed E-state index contributed by atoms with van der Waals surface area (Å²) in [5, 5.41) is 3.53. The van der Waals surface area contributed by atoms with Crippen molar-refractivity contribution in [3.63, 3.8) is 0 Å². The van der Waals surface area contributed by atoms with Crippen LogP contribution in [-0.2, 0) is 6.54 Å². The number of nitrogens with zero attached hydrogens (tertiary/aromatic N) is 1. The fourth-order valence-corrected chi connectivity index (χ4v) is 2.77. The average Bonchev–Trinajstić information content (AvgIpc) is 2.28. The molecule has 0 saturated heterocycles. The zero-order chi connectivity index (χ0) is 12.3. The van der Waals surface area contributed by atoms with Crippen LogP contribution in [-0.4, -0.2) is 11.0 Å². The van der Waals surface area contributed by atoms with Crippen LogP contribution >= 0.6 is 0 Å². The molecule has 0 amide bonds. The third kappa shape index (κ3) is 3.50. The summed E-state index contributed by atoms with van der Waals surface area (Å²) in [7, 11) is 0. The third-order valence-corrected chi connectivity index (χ3v) is 3.76. The highest BCUT2D eigenvalue weighted by Crippen LogP contribution is 2.28. The molecule has 0 spiro atoms. The van der Waals surface area contributed by atoms with Crippen molar-refractivity contribution in [3.8, 4) is 0 Å². The van der Waals surface area contributed by atoms with Gasteiger partial charge < -0.3 is 5.32 Å². The zero-order valence-electron chi connectivity index (χ0n) is 10.6. The van der Waals surface area contributed by atoms with Gasteiger partial charge in [-0.3, -0.25) is 4.98 Å². The Morgan fingerprint density at radius 2 is 2.18 bits per heavy atom. The molecule has 3 atom stereocenters. The number of rotatable bonds is 3. The molecule has 0 aromatic carbocycles. The summed E-state index contributed by atoms with van der Waals surface area (Å²) >= 11 is 0. The van der Waals surface area contributed by atoms with E-state index in [-0.39, 0.29) is 5.82 Å². The molecule has 1 saturated carbocycles. The first-order chi connectivity index (χ1) is 8.15. The molecule has 2 rings (SSSR count). The number of halogens is 1. The van der Waals surface area contributed by atoms with Crippen molar-refractivity contribution >= 4 is 0 Å². The minimum absolute atomic E-state index is 0.255. The molecule has 0 radical (unpaired) electrons. The smallest absolute Gasteiger partial charge is 0.141 e. The topological polar surface area (TPSA) is 24.9 Å². The van der Waals surface area contributed by atoms with Crippen LogP contribution in [0.5, 0.6) is 0 Å². The van der Waals surface area contributed by atoms with Crippen LogP contribution < -0.4 is 5.32 Å². The van der Waals surface area contributed by atoms with Gasteiger partial charge >= 0.3 is 0 Å². The van der Waals surface area contributed by atoms with Gasteiger partial charge in [0.25, 0.3) is 0 Å². The van der Waals surface area contributed by atoms with Crippen molar-refractivity contribution in [2.75, 3.05) is 0 Å². The molecular weight excluding hydrogens is 215 g/mol. The van der Waals surface area contributed by atoms with Gasteiger partial charge in [-0.1, -0.05) is 13.8 Å². The second-order valence-electron chi connectivity index (χ2n) is 5.39. The Labute approximate surface area is 103 Å². The highest BCUT2D eigenvalue weighted by atomic mass is 19.1. The van der Waals surface area contributed by atoms with Gasteiger partial charge in [-0.2, -0.15) is 0 Å². The van der Waals surface area contributed by atoms with Crippen molar-refractivity contribution < 1.29 is 4.39 Å². The van der Waals surface area contributed by atoms with E-state index in [0.717, 1.165) is 11.5 Å². The summed E-state index contributed by atoms with van der Waals surface area (Å²) in [5.41, 5.74) is 0.927. The van der Waals surface area contributed by atoms with Gasteiger partial charge in [0.15, 0.2) is 0 Å². The van der Waals surface area contributed by atoms with E-state index in [1.165, 1.54) is 25.5 Å². The minimum atomic E-state index is -0.255. The highest BCUT2D eigenvalue weighted by molar-refractivity contribution is 5.10. The Hall–Kier alpha value is -0.960. The first-order valence-corrected chi connectivity index (χ1v) is 6.48. The maximum atomic E-state index is 13.0. The van der Waals surface area contributed by atoms with E-state index < -0.39 is 0 Å². The molecule has 1 aliphatic rings. The highest BCUT2D eigenvalue weighted by Gasteiger charge is 2.24. The lowest BCUT2D eigenvalue weighted by Gasteiger charge is -2.33. The van der Waals surface area contributed by atoms with Crippen LogP contribution in [0.2, 0.25) is 0 Å². The average molecular weight is 236 g/mol. The Kier molecular flexibility index (Phi) is 4.11. The van der Waals surface area contributed by atoms with Crippen molar-refractivity contribution in [2.45, 2.75) is 45.7 Å². The summed E-state index contributed by atoms with van der Waals surface area (Å²) in [6.45, 7) is 5.34. The lowest BCUT2D eigenvalue weighted by molar-refractivity contribution is 0.227. The zero-order valence-corrected chi connectivity index (χ0v) is 10.6. The van der Waals surface area contributed by atoms with Gasteiger partial charge in [-0.15, -0.1) is 0 Å². The van der Waals surface area contributed by atoms with Crippen LogP contribution in [0.25, 0.3) is 0 Å². The molecule has 1 heterocycles. The Morgan fingerprint density at radius 3 is 2.88 bits per heavy atom. The standard InChI is InChI=1S/C14H21FN2/c1-10-3-4-14(11(2)5-10)17-8-12-6-13(15)9-16-7-12/h6-7,9-11,14,17H,3-5,8H2,1-2H3. The van der Waals surface area contributed by atoms with Crippen LogP contribution in [0.4, 0.5) is 4.39 Å². The fourth-order valence-electron chi connectivity index (χ4n) is 2.77. The Balaban J connectivity index is 1.86. The molecule has 1 aromatic heterocycles. The van der Waals surface area contributed by atoms with E-state index in [4.69, 9.17) is 0 Å². The Bertz CT molecular complexity index is 367. The number of aromatic nitrogens is 1. The van der Waals surface area contributed by atoms with Crippen LogP contribution in [0.3, 0.4) is 0 Å². The Morgan fingerprint density at radius 1 is 1.35 bits per heavy atom. The number of nitrogens with one attached hydrogen (secondary N) is 1. The maximum absolute atomic E-state index is 13.0. The monoisotopic (exact) mass is 236 g/mol. The van der Waals surface area contributed by atoms with E-state index in [2.05, 4.69) is 24.1 Å². The predicted octanol–water partition coefficient (Wildman–Crippen LogP) is 3.14. The molecule has 1 N–H and O–H groups in total. The van der Waals surface area contributed by atoms with E-state index in [0.29, 0.717) is 18.5 Å². The molecule has 1 fully saturated rings. The second kappa shape index (κ2) is 5.58. The summed E-state index contributed by atoms with van der Waals surface area (Å²) in [6.07, 6.45) is 6.79. The van der Waals surface area contributed by atoms with Crippen molar-refractivity contribution in [3.05, 3.63) is 29.8 Å².